The van der Waals surface area contributed by atoms with Gasteiger partial charge >= 0.3 is 7.12 Å². The van der Waals surface area contributed by atoms with Crippen molar-refractivity contribution in [2.45, 2.75) is 20.0 Å². The Hall–Kier alpha value is -1.51. The highest BCUT2D eigenvalue weighted by Crippen LogP contribution is 2.17. The molecule has 0 aliphatic heterocycles. The van der Waals surface area contributed by atoms with Crippen LogP contribution in [0.2, 0.25) is 0 Å². The van der Waals surface area contributed by atoms with Crippen molar-refractivity contribution in [2.75, 3.05) is 0 Å². The summed E-state index contributed by atoms with van der Waals surface area (Å²) in [7, 11) is -1.56. The van der Waals surface area contributed by atoms with Crippen LogP contribution in [0, 0.1) is 11.3 Å². The van der Waals surface area contributed by atoms with Gasteiger partial charge in [0, 0.05) is 0 Å². The van der Waals surface area contributed by atoms with E-state index in [0.717, 1.165) is 0 Å². The van der Waals surface area contributed by atoms with Crippen LogP contribution in [-0.4, -0.2) is 23.3 Å². The Balaban J connectivity index is 3.05. The highest BCUT2D eigenvalue weighted by molar-refractivity contribution is 6.58. The van der Waals surface area contributed by atoms with E-state index < -0.39 is 7.12 Å². The van der Waals surface area contributed by atoms with Crippen molar-refractivity contribution in [1.82, 2.24) is 0 Å². The zero-order valence-corrected chi connectivity index (χ0v) is 8.64. The molecule has 1 aromatic carbocycles. The molecule has 0 saturated heterocycles. The molecule has 15 heavy (non-hydrogen) atoms. The summed E-state index contributed by atoms with van der Waals surface area (Å²) in [5.74, 6) is 0.455. The van der Waals surface area contributed by atoms with Crippen LogP contribution in [0.15, 0.2) is 18.2 Å². The van der Waals surface area contributed by atoms with Crippen LogP contribution >= 0.6 is 0 Å². The first kappa shape index (κ1) is 11.6. The molecule has 0 atom stereocenters. The molecule has 0 aliphatic rings. The molecule has 0 aliphatic carbocycles. The molecule has 0 saturated carbocycles. The van der Waals surface area contributed by atoms with Crippen LogP contribution in [0.1, 0.15) is 19.4 Å². The van der Waals surface area contributed by atoms with E-state index >= 15 is 0 Å². The third-order valence-electron chi connectivity index (χ3n) is 1.78. The Bertz CT molecular complexity index is 385. The summed E-state index contributed by atoms with van der Waals surface area (Å²) in [4.78, 5) is 0. The first-order valence-corrected chi connectivity index (χ1v) is 4.61. The van der Waals surface area contributed by atoms with Gasteiger partial charge in [-0.05, 0) is 31.4 Å². The van der Waals surface area contributed by atoms with E-state index in [4.69, 9.17) is 20.0 Å². The van der Waals surface area contributed by atoms with Gasteiger partial charge in [-0.15, -0.1) is 0 Å². The van der Waals surface area contributed by atoms with Gasteiger partial charge in [0.25, 0.3) is 0 Å². The molecule has 4 nitrogen and oxygen atoms in total. The molecule has 0 fully saturated rings. The lowest BCUT2D eigenvalue weighted by molar-refractivity contribution is 0.242. The minimum absolute atomic E-state index is 0.0259. The van der Waals surface area contributed by atoms with Crippen molar-refractivity contribution in [3.63, 3.8) is 0 Å². The van der Waals surface area contributed by atoms with Crippen LogP contribution in [-0.2, 0) is 0 Å². The fraction of sp³-hybridized carbons (Fsp3) is 0.300. The van der Waals surface area contributed by atoms with Crippen LogP contribution < -0.4 is 10.2 Å². The number of nitriles is 1. The molecule has 1 rings (SSSR count). The van der Waals surface area contributed by atoms with E-state index in [-0.39, 0.29) is 11.6 Å². The Morgan fingerprint density at radius 3 is 2.53 bits per heavy atom. The van der Waals surface area contributed by atoms with E-state index in [9.17, 15) is 0 Å². The number of hydrogen-bond acceptors (Lipinski definition) is 4. The molecule has 5 heteroatoms. The minimum Gasteiger partial charge on any atom is -0.490 e. The van der Waals surface area contributed by atoms with Gasteiger partial charge < -0.3 is 14.8 Å². The summed E-state index contributed by atoms with van der Waals surface area (Å²) >= 11 is 0. The third-order valence-corrected chi connectivity index (χ3v) is 1.78. The number of nitrogens with zero attached hydrogens (tertiary/aromatic N) is 1. The summed E-state index contributed by atoms with van der Waals surface area (Å²) < 4.78 is 5.39. The molecule has 0 radical (unpaired) electrons. The number of ether oxygens (including phenoxy) is 1. The van der Waals surface area contributed by atoms with Gasteiger partial charge in [0.1, 0.15) is 11.8 Å². The minimum atomic E-state index is -1.56. The van der Waals surface area contributed by atoms with Crippen molar-refractivity contribution >= 4 is 12.6 Å². The molecule has 2 N–H and O–H groups in total. The lowest BCUT2D eigenvalue weighted by atomic mass is 9.79. The second-order valence-electron chi connectivity index (χ2n) is 3.41. The van der Waals surface area contributed by atoms with Crippen molar-refractivity contribution < 1.29 is 14.8 Å². The molecule has 0 heterocycles. The Kier molecular flexibility index (Phi) is 3.72. The van der Waals surface area contributed by atoms with E-state index in [1.807, 2.05) is 19.9 Å². The van der Waals surface area contributed by atoms with Crippen molar-refractivity contribution in [1.29, 1.82) is 5.26 Å². The van der Waals surface area contributed by atoms with E-state index in [2.05, 4.69) is 0 Å². The van der Waals surface area contributed by atoms with Crippen LogP contribution in [0.25, 0.3) is 0 Å². The normalized spacial score (nSPS) is 9.87. The fourth-order valence-electron chi connectivity index (χ4n) is 1.15. The van der Waals surface area contributed by atoms with Crippen molar-refractivity contribution in [3.8, 4) is 11.8 Å². The number of hydrogen-bond donors (Lipinski definition) is 2. The number of rotatable bonds is 3. The third kappa shape index (κ3) is 2.98. The lowest BCUT2D eigenvalue weighted by Gasteiger charge is -2.11. The van der Waals surface area contributed by atoms with Gasteiger partial charge in [0.15, 0.2) is 0 Å². The van der Waals surface area contributed by atoms with Gasteiger partial charge in [0.05, 0.1) is 11.7 Å². The van der Waals surface area contributed by atoms with E-state index in [1.165, 1.54) is 12.1 Å². The molecule has 1 aromatic rings. The standard InChI is InChI=1S/C10H12BNO3/c1-7(2)15-10-4-3-9(11(13)14)5-8(10)6-12/h3-5,7,13-14H,1-2H3. The molecule has 0 aromatic heterocycles. The maximum Gasteiger partial charge on any atom is 0.488 e. The molecule has 0 bridgehead atoms. The van der Waals surface area contributed by atoms with E-state index in [0.29, 0.717) is 11.3 Å². The highest BCUT2D eigenvalue weighted by atomic mass is 16.5. The second kappa shape index (κ2) is 4.83. The summed E-state index contributed by atoms with van der Waals surface area (Å²) in [6.07, 6.45) is -0.0259. The maximum atomic E-state index is 8.92. The molecule has 0 amide bonds. The van der Waals surface area contributed by atoms with Crippen molar-refractivity contribution in [2.24, 2.45) is 0 Å². The van der Waals surface area contributed by atoms with Gasteiger partial charge in [-0.25, -0.2) is 0 Å². The highest BCUT2D eigenvalue weighted by Gasteiger charge is 2.14. The Morgan fingerprint density at radius 1 is 1.40 bits per heavy atom. The van der Waals surface area contributed by atoms with Gasteiger partial charge in [0.2, 0.25) is 0 Å². The molecule has 0 spiro atoms. The summed E-state index contributed by atoms with van der Waals surface area (Å²) in [6.45, 7) is 3.71. The molecular formula is C10H12BNO3. The monoisotopic (exact) mass is 205 g/mol. The number of benzene rings is 1. The Labute approximate surface area is 88.9 Å². The fourth-order valence-corrected chi connectivity index (χ4v) is 1.15. The quantitative estimate of drug-likeness (QED) is 0.682. The zero-order chi connectivity index (χ0) is 11.4. The molecular weight excluding hydrogens is 193 g/mol. The zero-order valence-electron chi connectivity index (χ0n) is 8.64. The first-order valence-electron chi connectivity index (χ1n) is 4.61. The summed E-state index contributed by atoms with van der Waals surface area (Å²) in [6, 6.07) is 6.43. The molecule has 0 unspecified atom stereocenters. The van der Waals surface area contributed by atoms with Crippen LogP contribution in [0.5, 0.6) is 5.75 Å². The second-order valence-corrected chi connectivity index (χ2v) is 3.41. The van der Waals surface area contributed by atoms with Crippen molar-refractivity contribution in [3.05, 3.63) is 23.8 Å². The predicted molar refractivity (Wildman–Crippen MR) is 56.7 cm³/mol. The van der Waals surface area contributed by atoms with Crippen LogP contribution in [0.4, 0.5) is 0 Å². The first-order chi connectivity index (χ1) is 7.04. The average Bonchev–Trinajstić information content (AvgIpc) is 2.17. The predicted octanol–water partition coefficient (Wildman–Crippen LogP) is 0.0253. The summed E-state index contributed by atoms with van der Waals surface area (Å²) in [5.41, 5.74) is 0.581. The molecule has 78 valence electrons. The summed E-state index contributed by atoms with van der Waals surface area (Å²) in [5, 5.41) is 26.7. The largest absolute Gasteiger partial charge is 0.490 e. The van der Waals surface area contributed by atoms with E-state index in [1.54, 1.807) is 6.07 Å². The maximum absolute atomic E-state index is 8.92. The van der Waals surface area contributed by atoms with Gasteiger partial charge in [-0.1, -0.05) is 6.07 Å². The van der Waals surface area contributed by atoms with Gasteiger partial charge in [-0.2, -0.15) is 5.26 Å². The Morgan fingerprint density at radius 2 is 2.07 bits per heavy atom. The van der Waals surface area contributed by atoms with Gasteiger partial charge in [-0.3, -0.25) is 0 Å². The lowest BCUT2D eigenvalue weighted by Crippen LogP contribution is -2.30. The topological polar surface area (TPSA) is 73.5 Å². The average molecular weight is 205 g/mol. The van der Waals surface area contributed by atoms with Crippen LogP contribution in [0.3, 0.4) is 0 Å². The smallest absolute Gasteiger partial charge is 0.488 e. The SMILES string of the molecule is CC(C)Oc1ccc(B(O)O)cc1C#N.